The van der Waals surface area contributed by atoms with Crippen LogP contribution in [0.25, 0.3) is 71.2 Å². The molecule has 8 aromatic rings. The van der Waals surface area contributed by atoms with Crippen molar-refractivity contribution >= 4 is 60.0 Å². The highest BCUT2D eigenvalue weighted by molar-refractivity contribution is 6.26. The fourth-order valence-electron chi connectivity index (χ4n) is 14.0. The number of aromatic nitrogens is 2. The van der Waals surface area contributed by atoms with Crippen LogP contribution >= 0.6 is 0 Å². The number of rotatable bonds is 1. The van der Waals surface area contributed by atoms with E-state index in [1.807, 2.05) is 0 Å². The zero-order valence-electron chi connectivity index (χ0n) is 28.4. The number of nitrogens with zero attached hydrogens (tertiary/aromatic N) is 2. The fraction of sp³-hybridized carbons (Fsp3) is 0.383. The molecule has 0 aliphatic heterocycles. The zero-order chi connectivity index (χ0) is 32.0. The van der Waals surface area contributed by atoms with Crippen LogP contribution in [0, 0.1) is 23.7 Å². The van der Waals surface area contributed by atoms with Gasteiger partial charge in [0.1, 0.15) is 11.2 Å². The van der Waals surface area contributed by atoms with Crippen LogP contribution in [0.4, 0.5) is 0 Å². The second kappa shape index (κ2) is 8.91. The van der Waals surface area contributed by atoms with Gasteiger partial charge < -0.3 is 8.82 Å². The summed E-state index contributed by atoms with van der Waals surface area (Å²) in [4.78, 5) is 5.48. The summed E-state index contributed by atoms with van der Waals surface area (Å²) in [5, 5.41) is 8.42. The van der Waals surface area contributed by atoms with Gasteiger partial charge >= 0.3 is 0 Å². The van der Waals surface area contributed by atoms with Gasteiger partial charge in [-0.15, -0.1) is 0 Å². The topological polar surface area (TPSA) is 30.4 Å². The third-order valence-electron chi connectivity index (χ3n) is 15.4. The molecule has 16 rings (SSSR count). The lowest BCUT2D eigenvalue weighted by Gasteiger charge is -2.38. The lowest BCUT2D eigenvalue weighted by Crippen LogP contribution is -2.25. The Hall–Kier alpha value is -4.37. The van der Waals surface area contributed by atoms with E-state index in [2.05, 4.69) is 77.3 Å². The quantitative estimate of drug-likeness (QED) is 0.177. The highest BCUT2D eigenvalue weighted by Crippen LogP contribution is 2.61. The van der Waals surface area contributed by atoms with Crippen LogP contribution in [0.1, 0.15) is 110 Å². The van der Waals surface area contributed by atoms with E-state index >= 15 is 0 Å². The lowest BCUT2D eigenvalue weighted by molar-refractivity contribution is 0.165. The minimum absolute atomic E-state index is 0.638. The van der Waals surface area contributed by atoms with Gasteiger partial charge in [0.15, 0.2) is 0 Å². The van der Waals surface area contributed by atoms with Crippen molar-refractivity contribution in [2.75, 3.05) is 0 Å². The summed E-state index contributed by atoms with van der Waals surface area (Å²) in [6, 6.07) is 25.7. The fourth-order valence-corrected chi connectivity index (χ4v) is 14.0. The molecule has 4 heterocycles. The first-order valence-electron chi connectivity index (χ1n) is 19.8. The number of hydrogen-bond acceptors (Lipinski definition) is 2. The Labute approximate surface area is 291 Å². The molecular formula is C47H40N2O. The number of para-hydroxylation sites is 1. The van der Waals surface area contributed by atoms with Crippen LogP contribution in [0.5, 0.6) is 0 Å². The van der Waals surface area contributed by atoms with Gasteiger partial charge in [-0.2, -0.15) is 0 Å². The Morgan fingerprint density at radius 2 is 1.18 bits per heavy atom. The second-order valence-electron chi connectivity index (χ2n) is 18.0. The normalized spacial score (nSPS) is 30.8. The highest BCUT2D eigenvalue weighted by atomic mass is 16.3. The molecule has 4 saturated carbocycles. The Morgan fingerprint density at radius 1 is 0.520 bits per heavy atom. The summed E-state index contributed by atoms with van der Waals surface area (Å²) in [5.74, 6) is 6.30. The van der Waals surface area contributed by atoms with E-state index in [0.717, 1.165) is 40.8 Å². The molecule has 244 valence electrons. The van der Waals surface area contributed by atoms with Gasteiger partial charge in [-0.3, -0.25) is 4.98 Å². The van der Waals surface area contributed by atoms with Crippen molar-refractivity contribution in [2.24, 2.45) is 23.7 Å². The Bertz CT molecular complexity index is 2640. The molecular weight excluding hydrogens is 609 g/mol. The molecule has 4 aromatic carbocycles. The number of furan rings is 1. The molecule has 4 fully saturated rings. The van der Waals surface area contributed by atoms with Gasteiger partial charge in [-0.25, -0.2) is 0 Å². The van der Waals surface area contributed by atoms with Gasteiger partial charge in [0.25, 0.3) is 0 Å². The maximum Gasteiger partial charge on any atom is 0.136 e. The molecule has 4 unspecified atom stereocenters. The Morgan fingerprint density at radius 3 is 1.96 bits per heavy atom. The SMILES string of the molecule is c1ccc2c(c1)oc1cc(-c3cc4c5c6c(ccc5n5c7cnc8c(c7c(c3)c45)C3CC4CC(CC8C4)C3)C3CC4CC(C3)CC6C4)ccc12. The largest absolute Gasteiger partial charge is 0.456 e. The molecule has 8 aliphatic rings. The van der Waals surface area contributed by atoms with Crippen molar-refractivity contribution in [3.63, 3.8) is 0 Å². The summed E-state index contributed by atoms with van der Waals surface area (Å²) in [6.07, 6.45) is 16.2. The smallest absolute Gasteiger partial charge is 0.136 e. The number of hydrogen-bond donors (Lipinski definition) is 0. The molecule has 0 N–H and O–H groups in total. The predicted molar refractivity (Wildman–Crippen MR) is 203 cm³/mol. The minimum Gasteiger partial charge on any atom is -0.456 e. The van der Waals surface area contributed by atoms with Gasteiger partial charge in [0.05, 0.1) is 22.7 Å². The predicted octanol–water partition coefficient (Wildman–Crippen LogP) is 12.6. The maximum atomic E-state index is 6.47. The van der Waals surface area contributed by atoms with E-state index in [9.17, 15) is 0 Å². The van der Waals surface area contributed by atoms with Crippen LogP contribution in [-0.4, -0.2) is 9.38 Å². The van der Waals surface area contributed by atoms with Crippen molar-refractivity contribution in [1.82, 2.24) is 9.38 Å². The van der Waals surface area contributed by atoms with Crippen molar-refractivity contribution < 1.29 is 4.42 Å². The van der Waals surface area contributed by atoms with E-state index < -0.39 is 0 Å². The first-order valence-corrected chi connectivity index (χ1v) is 19.8. The van der Waals surface area contributed by atoms with E-state index in [1.165, 1.54) is 125 Å². The number of benzene rings is 4. The Kier molecular flexibility index (Phi) is 4.71. The average molecular weight is 649 g/mol. The monoisotopic (exact) mass is 648 g/mol. The molecule has 0 radical (unpaired) electrons. The van der Waals surface area contributed by atoms with Gasteiger partial charge in [0, 0.05) is 43.9 Å². The third kappa shape index (κ3) is 3.19. The molecule has 4 aromatic heterocycles. The van der Waals surface area contributed by atoms with Gasteiger partial charge in [-0.05, 0) is 170 Å². The zero-order valence-corrected chi connectivity index (χ0v) is 28.4. The van der Waals surface area contributed by atoms with Crippen LogP contribution in [0.15, 0.2) is 77.3 Å². The van der Waals surface area contributed by atoms with Crippen molar-refractivity contribution in [1.29, 1.82) is 0 Å². The van der Waals surface area contributed by atoms with Crippen molar-refractivity contribution in [3.8, 4) is 11.1 Å². The van der Waals surface area contributed by atoms with Crippen molar-refractivity contribution in [3.05, 3.63) is 95.3 Å². The molecule has 50 heavy (non-hydrogen) atoms. The average Bonchev–Trinajstić information content (AvgIpc) is 3.70. The molecule has 4 atom stereocenters. The molecule has 8 aliphatic carbocycles. The van der Waals surface area contributed by atoms with Gasteiger partial charge in [-0.1, -0.05) is 30.3 Å². The lowest BCUT2D eigenvalue weighted by atomic mass is 9.67. The molecule has 3 nitrogen and oxygen atoms in total. The molecule has 0 saturated heterocycles. The first kappa shape index (κ1) is 26.4. The molecule has 3 heteroatoms. The molecule has 0 spiro atoms. The Balaban J connectivity index is 1.12. The summed E-state index contributed by atoms with van der Waals surface area (Å²) < 4.78 is 9.15. The minimum atomic E-state index is 0.638. The first-order chi connectivity index (χ1) is 24.7. The van der Waals surface area contributed by atoms with E-state index in [4.69, 9.17) is 9.40 Å². The molecule has 0 amide bonds. The van der Waals surface area contributed by atoms with Crippen LogP contribution < -0.4 is 0 Å². The maximum absolute atomic E-state index is 6.47. The van der Waals surface area contributed by atoms with E-state index in [-0.39, 0.29) is 0 Å². The second-order valence-corrected chi connectivity index (χ2v) is 18.0. The standard InChI is InChI=1S/C47H40N2O/c1-2-4-40-34(3-1)35-6-5-27(21-41(35)50-40)28-19-36-44-38(8-7-33-29-11-23-9-24(12-29)14-30(13-23)42(33)44)49-39-22-48-46-32-17-25-10-26(18-32)16-31(15-25)43(46)45(39)37(20-28)47(36)49/h1-8,19-26,29-32H,9-18H2. The van der Waals surface area contributed by atoms with Gasteiger partial charge in [0.2, 0.25) is 0 Å². The number of fused-ring (bicyclic) bond motifs is 9. The van der Waals surface area contributed by atoms with E-state index in [0.29, 0.717) is 17.8 Å². The summed E-state index contributed by atoms with van der Waals surface area (Å²) >= 11 is 0. The summed E-state index contributed by atoms with van der Waals surface area (Å²) in [7, 11) is 0. The van der Waals surface area contributed by atoms with Crippen LogP contribution in [-0.2, 0) is 0 Å². The number of pyridine rings is 1. The molecule has 8 bridgehead atoms. The van der Waals surface area contributed by atoms with Crippen LogP contribution in [0.2, 0.25) is 0 Å². The van der Waals surface area contributed by atoms with Crippen molar-refractivity contribution in [2.45, 2.75) is 87.9 Å². The third-order valence-corrected chi connectivity index (χ3v) is 15.4. The summed E-state index contributed by atoms with van der Waals surface area (Å²) in [5.41, 5.74) is 15.2. The summed E-state index contributed by atoms with van der Waals surface area (Å²) in [6.45, 7) is 0. The van der Waals surface area contributed by atoms with E-state index in [1.54, 1.807) is 22.1 Å². The van der Waals surface area contributed by atoms with Crippen LogP contribution in [0.3, 0.4) is 0 Å². The highest BCUT2D eigenvalue weighted by Gasteiger charge is 2.45.